The molecule has 1 aliphatic rings. The molecular weight excluding hydrogens is 264 g/mol. The molecule has 0 aliphatic carbocycles. The highest BCUT2D eigenvalue weighted by Crippen LogP contribution is 2.21. The zero-order chi connectivity index (χ0) is 15.2. The second kappa shape index (κ2) is 7.57. The first kappa shape index (κ1) is 16.0. The third-order valence-electron chi connectivity index (χ3n) is 4.49. The van der Waals surface area contributed by atoms with Gasteiger partial charge in [-0.25, -0.2) is 0 Å². The Kier molecular flexibility index (Phi) is 5.76. The summed E-state index contributed by atoms with van der Waals surface area (Å²) in [5, 5.41) is 12.6. The second-order valence-electron chi connectivity index (χ2n) is 5.99. The number of amides is 1. The summed E-state index contributed by atoms with van der Waals surface area (Å²) in [6.45, 7) is 6.17. The minimum Gasteiger partial charge on any atom is -0.393 e. The van der Waals surface area contributed by atoms with Gasteiger partial charge in [-0.05, 0) is 51.3 Å². The zero-order valence-corrected chi connectivity index (χ0v) is 13.0. The molecule has 1 heterocycles. The molecule has 0 aromatic heterocycles. The van der Waals surface area contributed by atoms with Gasteiger partial charge >= 0.3 is 0 Å². The monoisotopic (exact) mass is 290 g/mol. The molecule has 116 valence electrons. The molecule has 1 saturated heterocycles. The Hall–Kier alpha value is -1.39. The lowest BCUT2D eigenvalue weighted by atomic mass is 9.91. The van der Waals surface area contributed by atoms with E-state index in [0.29, 0.717) is 12.5 Å². The Morgan fingerprint density at radius 1 is 1.29 bits per heavy atom. The summed E-state index contributed by atoms with van der Waals surface area (Å²) in [5.74, 6) is 0.454. The SMILES string of the molecule is CC(O)C1CCN(C(C)C(=O)NCc2ccccc2)CC1. The number of aliphatic hydroxyl groups excluding tert-OH is 1. The molecule has 2 rings (SSSR count). The maximum absolute atomic E-state index is 12.2. The number of likely N-dealkylation sites (tertiary alicyclic amines) is 1. The van der Waals surface area contributed by atoms with Gasteiger partial charge in [-0.3, -0.25) is 9.69 Å². The normalized spacial score (nSPS) is 20.0. The highest BCUT2D eigenvalue weighted by atomic mass is 16.3. The average molecular weight is 290 g/mol. The van der Waals surface area contributed by atoms with Crippen molar-refractivity contribution in [3.8, 4) is 0 Å². The van der Waals surface area contributed by atoms with E-state index in [4.69, 9.17) is 0 Å². The third kappa shape index (κ3) is 4.55. The number of carbonyl (C=O) groups excluding carboxylic acids is 1. The summed E-state index contributed by atoms with van der Waals surface area (Å²) in [4.78, 5) is 14.4. The van der Waals surface area contributed by atoms with E-state index in [9.17, 15) is 9.90 Å². The average Bonchev–Trinajstić information content (AvgIpc) is 2.53. The summed E-state index contributed by atoms with van der Waals surface area (Å²) in [5.41, 5.74) is 1.12. The Morgan fingerprint density at radius 2 is 1.90 bits per heavy atom. The molecule has 0 saturated carbocycles. The van der Waals surface area contributed by atoms with Crippen LogP contribution in [0.3, 0.4) is 0 Å². The maximum Gasteiger partial charge on any atom is 0.237 e. The highest BCUT2D eigenvalue weighted by molar-refractivity contribution is 5.81. The van der Waals surface area contributed by atoms with Crippen molar-refractivity contribution < 1.29 is 9.90 Å². The van der Waals surface area contributed by atoms with Crippen LogP contribution in [0.25, 0.3) is 0 Å². The minimum absolute atomic E-state index is 0.0781. The van der Waals surface area contributed by atoms with Crippen LogP contribution >= 0.6 is 0 Å². The van der Waals surface area contributed by atoms with E-state index < -0.39 is 0 Å². The van der Waals surface area contributed by atoms with Crippen LogP contribution in [0.15, 0.2) is 30.3 Å². The van der Waals surface area contributed by atoms with Gasteiger partial charge in [0.2, 0.25) is 5.91 Å². The van der Waals surface area contributed by atoms with Gasteiger partial charge in [0.05, 0.1) is 12.1 Å². The van der Waals surface area contributed by atoms with Crippen molar-refractivity contribution >= 4 is 5.91 Å². The van der Waals surface area contributed by atoms with Crippen molar-refractivity contribution in [2.75, 3.05) is 13.1 Å². The fraction of sp³-hybridized carbons (Fsp3) is 0.588. The summed E-state index contributed by atoms with van der Waals surface area (Å²) in [6.07, 6.45) is 1.69. The molecule has 0 bridgehead atoms. The van der Waals surface area contributed by atoms with Crippen molar-refractivity contribution in [1.29, 1.82) is 0 Å². The number of nitrogens with one attached hydrogen (secondary N) is 1. The number of hydrogen-bond donors (Lipinski definition) is 2. The van der Waals surface area contributed by atoms with Crippen LogP contribution in [-0.2, 0) is 11.3 Å². The molecule has 2 N–H and O–H groups in total. The number of rotatable bonds is 5. The van der Waals surface area contributed by atoms with E-state index in [-0.39, 0.29) is 18.1 Å². The molecule has 0 spiro atoms. The number of benzene rings is 1. The Labute approximate surface area is 127 Å². The molecule has 1 amide bonds. The lowest BCUT2D eigenvalue weighted by Gasteiger charge is -2.36. The Balaban J connectivity index is 1.78. The number of aliphatic hydroxyl groups is 1. The van der Waals surface area contributed by atoms with Gasteiger partial charge in [-0.2, -0.15) is 0 Å². The smallest absolute Gasteiger partial charge is 0.237 e. The van der Waals surface area contributed by atoms with Gasteiger partial charge in [0.1, 0.15) is 0 Å². The molecule has 1 fully saturated rings. The second-order valence-corrected chi connectivity index (χ2v) is 5.99. The van der Waals surface area contributed by atoms with E-state index in [1.807, 2.05) is 44.2 Å². The van der Waals surface area contributed by atoms with Crippen molar-refractivity contribution in [1.82, 2.24) is 10.2 Å². The largest absolute Gasteiger partial charge is 0.393 e. The van der Waals surface area contributed by atoms with Crippen molar-refractivity contribution in [2.45, 2.75) is 45.4 Å². The zero-order valence-electron chi connectivity index (χ0n) is 13.0. The lowest BCUT2D eigenvalue weighted by molar-refractivity contribution is -0.126. The van der Waals surface area contributed by atoms with Crippen LogP contribution < -0.4 is 5.32 Å². The maximum atomic E-state index is 12.2. The van der Waals surface area contributed by atoms with Crippen LogP contribution in [0.5, 0.6) is 0 Å². The van der Waals surface area contributed by atoms with E-state index in [1.54, 1.807) is 0 Å². The quantitative estimate of drug-likeness (QED) is 0.869. The first-order valence-corrected chi connectivity index (χ1v) is 7.81. The van der Waals surface area contributed by atoms with E-state index in [0.717, 1.165) is 31.5 Å². The first-order chi connectivity index (χ1) is 10.1. The van der Waals surface area contributed by atoms with Crippen LogP contribution in [0, 0.1) is 5.92 Å². The van der Waals surface area contributed by atoms with Crippen molar-refractivity contribution in [3.05, 3.63) is 35.9 Å². The molecule has 0 radical (unpaired) electrons. The summed E-state index contributed by atoms with van der Waals surface area (Å²) in [7, 11) is 0. The molecule has 2 atom stereocenters. The molecular formula is C17H26N2O2. The van der Waals surface area contributed by atoms with Gasteiger partial charge in [0, 0.05) is 6.54 Å². The van der Waals surface area contributed by atoms with Crippen molar-refractivity contribution in [2.24, 2.45) is 5.92 Å². The third-order valence-corrected chi connectivity index (χ3v) is 4.49. The van der Waals surface area contributed by atoms with Gasteiger partial charge in [0.15, 0.2) is 0 Å². The fourth-order valence-electron chi connectivity index (χ4n) is 2.89. The highest BCUT2D eigenvalue weighted by Gasteiger charge is 2.28. The number of piperidine rings is 1. The Bertz CT molecular complexity index is 439. The van der Waals surface area contributed by atoms with Crippen molar-refractivity contribution in [3.63, 3.8) is 0 Å². The molecule has 1 aliphatic heterocycles. The molecule has 1 aromatic carbocycles. The standard InChI is InChI=1S/C17H26N2O2/c1-13(19-10-8-16(9-11-19)14(2)20)17(21)18-12-15-6-4-3-5-7-15/h3-7,13-14,16,20H,8-12H2,1-2H3,(H,18,21). The van der Waals surface area contributed by atoms with Crippen LogP contribution in [0.1, 0.15) is 32.3 Å². The Morgan fingerprint density at radius 3 is 2.48 bits per heavy atom. The summed E-state index contributed by atoms with van der Waals surface area (Å²) in [6, 6.07) is 9.85. The predicted octanol–water partition coefficient (Wildman–Crippen LogP) is 1.78. The molecule has 4 heteroatoms. The van der Waals surface area contributed by atoms with Crippen LogP contribution in [0.2, 0.25) is 0 Å². The summed E-state index contributed by atoms with van der Waals surface area (Å²) >= 11 is 0. The van der Waals surface area contributed by atoms with E-state index in [1.165, 1.54) is 0 Å². The van der Waals surface area contributed by atoms with E-state index in [2.05, 4.69) is 10.2 Å². The molecule has 1 aromatic rings. The van der Waals surface area contributed by atoms with Gasteiger partial charge < -0.3 is 10.4 Å². The van der Waals surface area contributed by atoms with Gasteiger partial charge in [0.25, 0.3) is 0 Å². The molecule has 21 heavy (non-hydrogen) atoms. The topological polar surface area (TPSA) is 52.6 Å². The van der Waals surface area contributed by atoms with Crippen LogP contribution in [0.4, 0.5) is 0 Å². The summed E-state index contributed by atoms with van der Waals surface area (Å²) < 4.78 is 0. The fourth-order valence-corrected chi connectivity index (χ4v) is 2.89. The van der Waals surface area contributed by atoms with Crippen LogP contribution in [-0.4, -0.2) is 41.1 Å². The van der Waals surface area contributed by atoms with Gasteiger partial charge in [-0.1, -0.05) is 30.3 Å². The van der Waals surface area contributed by atoms with Gasteiger partial charge in [-0.15, -0.1) is 0 Å². The number of nitrogens with zero attached hydrogens (tertiary/aromatic N) is 1. The molecule has 2 unspecified atom stereocenters. The first-order valence-electron chi connectivity index (χ1n) is 7.81. The predicted molar refractivity (Wildman–Crippen MR) is 83.7 cm³/mol. The molecule has 4 nitrogen and oxygen atoms in total. The van der Waals surface area contributed by atoms with E-state index >= 15 is 0 Å². The number of carbonyl (C=O) groups is 1. The minimum atomic E-state index is -0.241. The lowest BCUT2D eigenvalue weighted by Crippen LogP contribution is -2.48. The number of hydrogen-bond acceptors (Lipinski definition) is 3.